The molecule has 3 heteroatoms. The molecule has 0 radical (unpaired) electrons. The molecule has 0 aliphatic heterocycles. The van der Waals surface area contributed by atoms with Gasteiger partial charge in [0.2, 0.25) is 0 Å². The maximum atomic E-state index is 4.80. The van der Waals surface area contributed by atoms with E-state index in [1.807, 2.05) is 0 Å². The van der Waals surface area contributed by atoms with Gasteiger partial charge in [-0.3, -0.25) is 0 Å². The van der Waals surface area contributed by atoms with E-state index in [9.17, 15) is 0 Å². The molecule has 0 saturated heterocycles. The summed E-state index contributed by atoms with van der Waals surface area (Å²) in [7, 11) is 0. The highest BCUT2D eigenvalue weighted by molar-refractivity contribution is 7.07. The summed E-state index contributed by atoms with van der Waals surface area (Å²) in [5.74, 6) is 0. The average Bonchev–Trinajstić information content (AvgIpc) is 2.72. The number of thiazole rings is 1. The van der Waals surface area contributed by atoms with E-state index >= 15 is 0 Å². The number of aromatic nitrogens is 1. The molecule has 0 N–H and O–H groups in total. The summed E-state index contributed by atoms with van der Waals surface area (Å²) in [6.07, 6.45) is 2.10. The summed E-state index contributed by atoms with van der Waals surface area (Å²) in [5, 5.41) is 2.09. The quantitative estimate of drug-likeness (QED) is 0.762. The van der Waals surface area contributed by atoms with Crippen LogP contribution in [0.5, 0.6) is 0 Å². The van der Waals surface area contributed by atoms with Gasteiger partial charge in [-0.2, -0.15) is 0 Å². The fourth-order valence-electron chi connectivity index (χ4n) is 1.84. The molecule has 1 heterocycles. The van der Waals surface area contributed by atoms with Crippen molar-refractivity contribution in [2.75, 3.05) is 0 Å². The first kappa shape index (κ1) is 12.1. The van der Waals surface area contributed by atoms with E-state index in [-0.39, 0.29) is 0 Å². The van der Waals surface area contributed by atoms with Crippen molar-refractivity contribution < 1.29 is 0 Å². The lowest BCUT2D eigenvalue weighted by Gasteiger charge is -2.07. The first-order valence-corrected chi connectivity index (χ1v) is 6.74. The van der Waals surface area contributed by atoms with Crippen LogP contribution in [-0.2, 0) is 0 Å². The van der Waals surface area contributed by atoms with Gasteiger partial charge in [0.05, 0.1) is 5.69 Å². The maximum absolute atomic E-state index is 4.80. The highest BCUT2D eigenvalue weighted by Crippen LogP contribution is 2.22. The Morgan fingerprint density at radius 1 is 1.18 bits per heavy atom. The molecule has 2 nitrogen and oxygen atoms in total. The maximum Gasteiger partial charge on any atom is 0.190 e. The third-order valence-corrected chi connectivity index (χ3v) is 3.59. The van der Waals surface area contributed by atoms with Crippen LogP contribution in [0.1, 0.15) is 31.0 Å². The number of para-hydroxylation sites is 1. The Balaban J connectivity index is 2.59. The molecule has 2 rings (SSSR count). The Kier molecular flexibility index (Phi) is 3.48. The summed E-state index contributed by atoms with van der Waals surface area (Å²) in [4.78, 5) is 5.87. The van der Waals surface area contributed by atoms with Crippen LogP contribution in [0.15, 0.2) is 34.8 Å². The van der Waals surface area contributed by atoms with E-state index in [0.717, 1.165) is 10.5 Å². The Bertz CT molecular complexity index is 556. The second kappa shape index (κ2) is 4.88. The zero-order valence-electron chi connectivity index (χ0n) is 10.8. The zero-order valence-corrected chi connectivity index (χ0v) is 11.6. The SMILES string of the molecule is Cc1cccc(C)c1N=c1sccn1C(C)C. The molecule has 90 valence electrons. The minimum Gasteiger partial charge on any atom is -0.321 e. The van der Waals surface area contributed by atoms with Crippen LogP contribution in [-0.4, -0.2) is 4.57 Å². The lowest BCUT2D eigenvalue weighted by molar-refractivity contribution is 0.584. The first-order valence-electron chi connectivity index (χ1n) is 5.86. The van der Waals surface area contributed by atoms with Gasteiger partial charge in [-0.25, -0.2) is 4.99 Å². The number of hydrogen-bond acceptors (Lipinski definition) is 2. The summed E-state index contributed by atoms with van der Waals surface area (Å²) in [5.41, 5.74) is 3.56. The third-order valence-electron chi connectivity index (χ3n) is 2.82. The van der Waals surface area contributed by atoms with Gasteiger partial charge < -0.3 is 4.57 Å². The van der Waals surface area contributed by atoms with Gasteiger partial charge in [0.15, 0.2) is 4.80 Å². The van der Waals surface area contributed by atoms with Crippen LogP contribution in [0, 0.1) is 13.8 Å². The molecular formula is C14H18N2S. The molecular weight excluding hydrogens is 228 g/mol. The molecule has 0 spiro atoms. The van der Waals surface area contributed by atoms with Crippen molar-refractivity contribution in [2.45, 2.75) is 33.7 Å². The second-order valence-electron chi connectivity index (χ2n) is 4.54. The lowest BCUT2D eigenvalue weighted by Crippen LogP contribution is -2.15. The molecule has 1 aromatic heterocycles. The van der Waals surface area contributed by atoms with Gasteiger partial charge in [-0.1, -0.05) is 18.2 Å². The second-order valence-corrected chi connectivity index (χ2v) is 5.41. The van der Waals surface area contributed by atoms with Gasteiger partial charge in [0.1, 0.15) is 0 Å². The molecule has 0 aliphatic rings. The summed E-state index contributed by atoms with van der Waals surface area (Å²) < 4.78 is 2.20. The largest absolute Gasteiger partial charge is 0.321 e. The van der Waals surface area contributed by atoms with Crippen LogP contribution in [0.25, 0.3) is 0 Å². The number of nitrogens with zero attached hydrogens (tertiary/aromatic N) is 2. The topological polar surface area (TPSA) is 17.3 Å². The van der Waals surface area contributed by atoms with Crippen LogP contribution in [0.4, 0.5) is 5.69 Å². The van der Waals surface area contributed by atoms with Crippen molar-refractivity contribution in [3.63, 3.8) is 0 Å². The monoisotopic (exact) mass is 246 g/mol. The van der Waals surface area contributed by atoms with Crippen molar-refractivity contribution in [3.05, 3.63) is 45.7 Å². The Labute approximate surface area is 106 Å². The predicted molar refractivity (Wildman–Crippen MR) is 73.8 cm³/mol. The average molecular weight is 246 g/mol. The zero-order chi connectivity index (χ0) is 12.4. The number of rotatable bonds is 2. The highest BCUT2D eigenvalue weighted by atomic mass is 32.1. The smallest absolute Gasteiger partial charge is 0.190 e. The molecule has 17 heavy (non-hydrogen) atoms. The van der Waals surface area contributed by atoms with Gasteiger partial charge in [-0.15, -0.1) is 11.3 Å². The van der Waals surface area contributed by atoms with Crippen molar-refractivity contribution in [1.82, 2.24) is 4.57 Å². The number of hydrogen-bond donors (Lipinski definition) is 0. The minimum absolute atomic E-state index is 0.448. The molecule has 0 aliphatic carbocycles. The van der Waals surface area contributed by atoms with Crippen LogP contribution in [0.3, 0.4) is 0 Å². The van der Waals surface area contributed by atoms with Crippen molar-refractivity contribution in [1.29, 1.82) is 0 Å². The summed E-state index contributed by atoms with van der Waals surface area (Å²) in [6, 6.07) is 6.75. The van der Waals surface area contributed by atoms with E-state index in [1.54, 1.807) is 11.3 Å². The summed E-state index contributed by atoms with van der Waals surface area (Å²) in [6.45, 7) is 8.57. The normalized spacial score (nSPS) is 12.4. The Hall–Kier alpha value is -1.35. The van der Waals surface area contributed by atoms with Gasteiger partial charge >= 0.3 is 0 Å². The molecule has 0 amide bonds. The predicted octanol–water partition coefficient (Wildman–Crippen LogP) is 3.98. The van der Waals surface area contributed by atoms with Crippen LogP contribution in [0.2, 0.25) is 0 Å². The van der Waals surface area contributed by atoms with Gasteiger partial charge in [0, 0.05) is 17.6 Å². The van der Waals surface area contributed by atoms with Crippen LogP contribution >= 0.6 is 11.3 Å². The van der Waals surface area contributed by atoms with E-state index in [1.165, 1.54) is 11.1 Å². The van der Waals surface area contributed by atoms with Crippen molar-refractivity contribution in [3.8, 4) is 0 Å². The van der Waals surface area contributed by atoms with Gasteiger partial charge in [0.25, 0.3) is 0 Å². The van der Waals surface area contributed by atoms with Crippen molar-refractivity contribution >= 4 is 17.0 Å². The van der Waals surface area contributed by atoms with E-state index in [4.69, 9.17) is 4.99 Å². The molecule has 0 unspecified atom stereocenters. The first-order chi connectivity index (χ1) is 8.09. The van der Waals surface area contributed by atoms with Gasteiger partial charge in [-0.05, 0) is 38.8 Å². The van der Waals surface area contributed by atoms with Crippen molar-refractivity contribution in [2.24, 2.45) is 4.99 Å². The van der Waals surface area contributed by atoms with Crippen LogP contribution < -0.4 is 4.80 Å². The van der Waals surface area contributed by atoms with E-state index in [0.29, 0.717) is 6.04 Å². The minimum atomic E-state index is 0.448. The highest BCUT2D eigenvalue weighted by Gasteiger charge is 2.03. The van der Waals surface area contributed by atoms with E-state index < -0.39 is 0 Å². The molecule has 2 aromatic rings. The fraction of sp³-hybridized carbons (Fsp3) is 0.357. The number of aryl methyl sites for hydroxylation is 2. The molecule has 1 aromatic carbocycles. The number of benzene rings is 1. The Morgan fingerprint density at radius 2 is 1.82 bits per heavy atom. The molecule has 0 atom stereocenters. The molecule has 0 saturated carbocycles. The third kappa shape index (κ3) is 2.50. The fourth-order valence-corrected chi connectivity index (χ4v) is 2.69. The summed E-state index contributed by atoms with van der Waals surface area (Å²) >= 11 is 1.69. The van der Waals surface area contributed by atoms with E-state index in [2.05, 4.69) is 62.0 Å². The standard InChI is InChI=1S/C14H18N2S/c1-10(2)16-8-9-17-14(16)15-13-11(3)6-5-7-12(13)4/h5-10H,1-4H3. The molecule has 0 bridgehead atoms. The lowest BCUT2D eigenvalue weighted by atomic mass is 10.1. The molecule has 0 fully saturated rings. The Morgan fingerprint density at radius 3 is 2.41 bits per heavy atom.